The maximum atomic E-state index is 13.3. The molecule has 12 heteroatoms. The molecule has 1 saturated carbocycles. The van der Waals surface area contributed by atoms with E-state index in [0.29, 0.717) is 43.9 Å². The average molecular weight is 658 g/mol. The van der Waals surface area contributed by atoms with Gasteiger partial charge in [-0.1, -0.05) is 55.6 Å². The predicted octanol–water partition coefficient (Wildman–Crippen LogP) is 8.49. The highest BCUT2D eigenvalue weighted by atomic mass is 35.5. The number of ether oxygens (including phenoxy) is 1. The molecule has 0 aliphatic heterocycles. The predicted molar refractivity (Wildman–Crippen MR) is 165 cm³/mol. The normalized spacial score (nSPS) is 17.5. The molecule has 4 rings (SSSR count). The molecule has 1 aliphatic rings. The quantitative estimate of drug-likeness (QED) is 0.231. The van der Waals surface area contributed by atoms with Crippen LogP contribution >= 0.6 is 58.0 Å². The molecule has 3 amide bonds. The number of primary amides is 1. The van der Waals surface area contributed by atoms with E-state index in [1.807, 2.05) is 20.8 Å². The first kappa shape index (κ1) is 31.3. The number of hydrogen-bond donors (Lipinski definition) is 3. The second-order valence-electron chi connectivity index (χ2n) is 10.8. The zero-order chi connectivity index (χ0) is 30.4. The van der Waals surface area contributed by atoms with Crippen molar-refractivity contribution in [2.75, 3.05) is 10.6 Å². The van der Waals surface area contributed by atoms with Crippen LogP contribution in [-0.2, 0) is 10.2 Å². The summed E-state index contributed by atoms with van der Waals surface area (Å²) in [7, 11) is 0. The highest BCUT2D eigenvalue weighted by molar-refractivity contribution is 6.53. The number of nitrogens with two attached hydrogens (primary N) is 1. The minimum Gasteiger partial charge on any atom is -0.410 e. The summed E-state index contributed by atoms with van der Waals surface area (Å²) in [6, 6.07) is 12.6. The van der Waals surface area contributed by atoms with Crippen LogP contribution in [0.1, 0.15) is 53.7 Å². The van der Waals surface area contributed by atoms with Crippen molar-refractivity contribution >= 4 is 87.3 Å². The fourth-order valence-electron chi connectivity index (χ4n) is 4.96. The van der Waals surface area contributed by atoms with Crippen molar-refractivity contribution in [1.82, 2.24) is 0 Å². The summed E-state index contributed by atoms with van der Waals surface area (Å²) in [5.41, 5.74) is 7.75. The molecule has 41 heavy (non-hydrogen) atoms. The fourth-order valence-corrected chi connectivity index (χ4v) is 6.53. The maximum Gasteiger partial charge on any atom is 0.409 e. The number of carbonyl (C=O) groups is 3. The lowest BCUT2D eigenvalue weighted by Gasteiger charge is -2.26. The van der Waals surface area contributed by atoms with E-state index in [9.17, 15) is 14.4 Å². The molecule has 2 atom stereocenters. The van der Waals surface area contributed by atoms with Gasteiger partial charge in [-0.25, -0.2) is 4.79 Å². The highest BCUT2D eigenvalue weighted by Crippen LogP contribution is 2.65. The molecule has 7 nitrogen and oxygen atoms in total. The average Bonchev–Trinajstić information content (AvgIpc) is 3.42. The van der Waals surface area contributed by atoms with E-state index >= 15 is 0 Å². The molecular weight excluding hydrogens is 632 g/mol. The second-order valence-corrected chi connectivity index (χ2v) is 13.5. The SMILES string of the molecule is Cc1c(NC(=O)c2cc(NC(=O)[C@H]3[C@H](c4cc(Cl)cc(Cl)c4)C3(Cl)Cl)ccc2Cl)ccc(OC(N)=O)c1C(C)(C)C. The Morgan fingerprint density at radius 3 is 2.15 bits per heavy atom. The molecule has 0 aromatic heterocycles. The summed E-state index contributed by atoms with van der Waals surface area (Å²) in [4.78, 5) is 37.9. The molecule has 1 fully saturated rings. The third-order valence-electron chi connectivity index (χ3n) is 6.69. The van der Waals surface area contributed by atoms with Crippen LogP contribution in [0.3, 0.4) is 0 Å². The zero-order valence-electron chi connectivity index (χ0n) is 22.4. The number of halogens is 5. The zero-order valence-corrected chi connectivity index (χ0v) is 26.2. The van der Waals surface area contributed by atoms with E-state index in [2.05, 4.69) is 10.6 Å². The van der Waals surface area contributed by atoms with Crippen LogP contribution in [0.25, 0.3) is 0 Å². The van der Waals surface area contributed by atoms with Gasteiger partial charge in [-0.15, -0.1) is 23.2 Å². The van der Waals surface area contributed by atoms with Gasteiger partial charge in [0.05, 0.1) is 16.5 Å². The number of alkyl halides is 2. The van der Waals surface area contributed by atoms with Gasteiger partial charge in [-0.3, -0.25) is 9.59 Å². The lowest BCUT2D eigenvalue weighted by atomic mass is 9.82. The molecule has 0 bridgehead atoms. The minimum absolute atomic E-state index is 0.121. The van der Waals surface area contributed by atoms with Gasteiger partial charge >= 0.3 is 6.09 Å². The van der Waals surface area contributed by atoms with Crippen LogP contribution in [0.15, 0.2) is 48.5 Å². The number of nitrogens with one attached hydrogen (secondary N) is 2. The van der Waals surface area contributed by atoms with Gasteiger partial charge in [0, 0.05) is 32.9 Å². The van der Waals surface area contributed by atoms with E-state index in [4.69, 9.17) is 68.5 Å². The van der Waals surface area contributed by atoms with E-state index in [0.717, 1.165) is 0 Å². The molecule has 3 aromatic carbocycles. The monoisotopic (exact) mass is 655 g/mol. The van der Waals surface area contributed by atoms with E-state index in [1.165, 1.54) is 12.1 Å². The molecule has 3 aromatic rings. The van der Waals surface area contributed by atoms with Crippen molar-refractivity contribution in [1.29, 1.82) is 0 Å². The lowest BCUT2D eigenvalue weighted by Crippen LogP contribution is -2.22. The summed E-state index contributed by atoms with van der Waals surface area (Å²) in [5.74, 6) is -1.97. The summed E-state index contributed by atoms with van der Waals surface area (Å²) in [5, 5.41) is 6.59. The van der Waals surface area contributed by atoms with Crippen LogP contribution in [0, 0.1) is 12.8 Å². The molecule has 0 spiro atoms. The van der Waals surface area contributed by atoms with Gasteiger partial charge in [0.1, 0.15) is 10.1 Å². The van der Waals surface area contributed by atoms with E-state index < -0.39 is 39.5 Å². The van der Waals surface area contributed by atoms with Crippen molar-refractivity contribution in [2.24, 2.45) is 11.7 Å². The van der Waals surface area contributed by atoms with Crippen LogP contribution in [0.2, 0.25) is 15.1 Å². The number of hydrogen-bond acceptors (Lipinski definition) is 4. The first-order valence-electron chi connectivity index (χ1n) is 12.4. The van der Waals surface area contributed by atoms with Gasteiger partial charge in [0.15, 0.2) is 0 Å². The Kier molecular flexibility index (Phi) is 8.80. The largest absolute Gasteiger partial charge is 0.410 e. The molecule has 0 saturated heterocycles. The van der Waals surface area contributed by atoms with Crippen molar-refractivity contribution < 1.29 is 19.1 Å². The topological polar surface area (TPSA) is 111 Å². The number of amides is 3. The van der Waals surface area contributed by atoms with Crippen LogP contribution in [0.4, 0.5) is 16.2 Å². The van der Waals surface area contributed by atoms with E-state index in [-0.39, 0.29) is 10.6 Å². The van der Waals surface area contributed by atoms with Gasteiger partial charge in [0.2, 0.25) is 5.91 Å². The standard InChI is InChI=1S/C29H26Cl5N3O4/c1-13-20(7-8-21(41-27(35)40)22(13)28(2,3)4)37-25(38)18-12-17(5-6-19(18)32)36-26(39)24-23(29(24,33)34)14-9-15(30)11-16(31)10-14/h5-12,23-24H,1-4H3,(H2,35,40)(H,36,39)(H,37,38)/t23-,24+/m0/s1. The molecule has 4 N–H and O–H groups in total. The number of carbonyl (C=O) groups excluding carboxylic acids is 3. The van der Waals surface area contributed by atoms with Crippen LogP contribution in [-0.4, -0.2) is 22.2 Å². The Balaban J connectivity index is 1.56. The maximum absolute atomic E-state index is 13.3. The number of anilines is 2. The number of benzene rings is 3. The molecular formula is C29H26Cl5N3O4. The highest BCUT2D eigenvalue weighted by Gasteiger charge is 2.67. The van der Waals surface area contributed by atoms with Gasteiger partial charge < -0.3 is 21.1 Å². The van der Waals surface area contributed by atoms with Crippen molar-refractivity contribution in [2.45, 2.75) is 43.4 Å². The summed E-state index contributed by atoms with van der Waals surface area (Å²) in [6.45, 7) is 7.63. The Morgan fingerprint density at radius 1 is 0.927 bits per heavy atom. The summed E-state index contributed by atoms with van der Waals surface area (Å²) < 4.78 is 3.82. The molecule has 0 heterocycles. The Bertz CT molecular complexity index is 1550. The first-order chi connectivity index (χ1) is 19.0. The summed E-state index contributed by atoms with van der Waals surface area (Å²) in [6.07, 6.45) is -0.938. The van der Waals surface area contributed by atoms with Crippen molar-refractivity contribution in [3.05, 3.63) is 85.9 Å². The van der Waals surface area contributed by atoms with E-state index in [1.54, 1.807) is 43.3 Å². The molecule has 0 radical (unpaired) electrons. The number of rotatable bonds is 6. The molecule has 0 unspecified atom stereocenters. The third kappa shape index (κ3) is 6.71. The lowest BCUT2D eigenvalue weighted by molar-refractivity contribution is -0.117. The van der Waals surface area contributed by atoms with Crippen LogP contribution in [0.5, 0.6) is 5.75 Å². The third-order valence-corrected chi connectivity index (χ3v) is 8.40. The van der Waals surface area contributed by atoms with Crippen molar-refractivity contribution in [3.63, 3.8) is 0 Å². The Morgan fingerprint density at radius 2 is 1.56 bits per heavy atom. The fraction of sp³-hybridized carbons (Fsp3) is 0.276. The minimum atomic E-state index is -1.36. The smallest absolute Gasteiger partial charge is 0.409 e. The first-order valence-corrected chi connectivity index (χ1v) is 14.3. The Hall–Kier alpha value is -2.68. The molecule has 1 aliphatic carbocycles. The Labute approximate surface area is 262 Å². The summed E-state index contributed by atoms with van der Waals surface area (Å²) >= 11 is 31.5. The van der Waals surface area contributed by atoms with Gasteiger partial charge in [-0.2, -0.15) is 0 Å². The van der Waals surface area contributed by atoms with Crippen molar-refractivity contribution in [3.8, 4) is 5.75 Å². The second kappa shape index (κ2) is 11.5. The van der Waals surface area contributed by atoms with Crippen LogP contribution < -0.4 is 21.1 Å². The molecule has 216 valence electrons. The van der Waals surface area contributed by atoms with Gasteiger partial charge in [-0.05, 0) is 72.0 Å². The van der Waals surface area contributed by atoms with Gasteiger partial charge in [0.25, 0.3) is 5.91 Å².